The molecule has 0 aliphatic carbocycles. The van der Waals surface area contributed by atoms with E-state index in [0.717, 1.165) is 36.4 Å². The van der Waals surface area contributed by atoms with Crippen molar-refractivity contribution in [2.24, 2.45) is 11.8 Å². The molecule has 0 spiro atoms. The molecular weight excluding hydrogens is 379 g/mol. The van der Waals surface area contributed by atoms with Crippen LogP contribution < -0.4 is 0 Å². The number of benzene rings is 2. The van der Waals surface area contributed by atoms with Gasteiger partial charge in [-0.1, -0.05) is 36.4 Å². The molecule has 4 heterocycles. The standard InChI is InChI=1S/C25H29FN2O2/c26-22-7-5-21(6-8-22)25(13-9-20-17-27-14-10-18(20)11-15-27)23-4-2-1-3-19(23)12-16-28(25)24(29)30/h1-8,18,20H,9-17H2,(H,29,30)/t20?,25-/m0/s1. The fraction of sp³-hybridized carbons (Fsp3) is 0.480. The van der Waals surface area contributed by atoms with Crippen molar-refractivity contribution in [1.82, 2.24) is 9.80 Å². The van der Waals surface area contributed by atoms with Crippen LogP contribution in [0.15, 0.2) is 48.5 Å². The molecule has 2 bridgehead atoms. The Kier molecular flexibility index (Phi) is 5.02. The molecule has 2 aromatic carbocycles. The van der Waals surface area contributed by atoms with Crippen LogP contribution in [0.4, 0.5) is 9.18 Å². The number of nitrogens with zero attached hydrogens (tertiary/aromatic N) is 2. The van der Waals surface area contributed by atoms with Gasteiger partial charge in [0.1, 0.15) is 5.82 Å². The van der Waals surface area contributed by atoms with Crippen molar-refractivity contribution < 1.29 is 14.3 Å². The van der Waals surface area contributed by atoms with Gasteiger partial charge in [-0.25, -0.2) is 9.18 Å². The first-order valence-corrected chi connectivity index (χ1v) is 11.2. The van der Waals surface area contributed by atoms with Gasteiger partial charge in [0.25, 0.3) is 0 Å². The minimum atomic E-state index is -0.900. The van der Waals surface area contributed by atoms with Crippen LogP contribution in [0.3, 0.4) is 0 Å². The van der Waals surface area contributed by atoms with E-state index in [4.69, 9.17) is 0 Å². The molecule has 30 heavy (non-hydrogen) atoms. The molecule has 4 aliphatic rings. The first-order valence-electron chi connectivity index (χ1n) is 11.2. The van der Waals surface area contributed by atoms with Crippen molar-refractivity contribution in [2.75, 3.05) is 26.2 Å². The number of hydrogen-bond donors (Lipinski definition) is 1. The van der Waals surface area contributed by atoms with E-state index in [1.165, 1.54) is 43.6 Å². The summed E-state index contributed by atoms with van der Waals surface area (Å²) >= 11 is 0. The van der Waals surface area contributed by atoms with Crippen LogP contribution in [-0.2, 0) is 12.0 Å². The van der Waals surface area contributed by atoms with Gasteiger partial charge in [0.2, 0.25) is 0 Å². The maximum atomic E-state index is 13.8. The lowest BCUT2D eigenvalue weighted by Gasteiger charge is -2.50. The second-order valence-electron chi connectivity index (χ2n) is 9.15. The Morgan fingerprint density at radius 2 is 1.80 bits per heavy atom. The number of carboxylic acid groups (broad SMARTS) is 1. The van der Waals surface area contributed by atoms with Crippen LogP contribution in [-0.4, -0.2) is 47.2 Å². The Hall–Kier alpha value is -2.40. The van der Waals surface area contributed by atoms with Crippen LogP contribution in [0.2, 0.25) is 0 Å². The van der Waals surface area contributed by atoms with Crippen molar-refractivity contribution in [3.05, 3.63) is 71.0 Å². The van der Waals surface area contributed by atoms with E-state index in [2.05, 4.69) is 17.0 Å². The number of carbonyl (C=O) groups is 1. The third-order valence-corrected chi connectivity index (χ3v) is 7.75. The number of amides is 1. The first kappa shape index (κ1) is 19.6. The van der Waals surface area contributed by atoms with E-state index in [0.29, 0.717) is 18.9 Å². The molecule has 0 saturated carbocycles. The monoisotopic (exact) mass is 408 g/mol. The van der Waals surface area contributed by atoms with Crippen molar-refractivity contribution in [3.63, 3.8) is 0 Å². The van der Waals surface area contributed by atoms with Gasteiger partial charge in [-0.3, -0.25) is 4.90 Å². The zero-order valence-corrected chi connectivity index (χ0v) is 17.3. The Morgan fingerprint density at radius 1 is 1.07 bits per heavy atom. The van der Waals surface area contributed by atoms with Crippen LogP contribution in [0.25, 0.3) is 0 Å². The van der Waals surface area contributed by atoms with E-state index >= 15 is 0 Å². The Balaban J connectivity index is 1.58. The summed E-state index contributed by atoms with van der Waals surface area (Å²) < 4.78 is 13.8. The van der Waals surface area contributed by atoms with Crippen LogP contribution in [0.5, 0.6) is 0 Å². The molecule has 158 valence electrons. The Bertz CT molecular complexity index is 923. The Labute approximate surface area is 177 Å². The molecule has 5 heteroatoms. The molecular formula is C25H29FN2O2. The Morgan fingerprint density at radius 3 is 2.47 bits per heavy atom. The van der Waals surface area contributed by atoms with Gasteiger partial charge in [-0.05, 0) is 85.9 Å². The predicted octanol–water partition coefficient (Wildman–Crippen LogP) is 4.73. The third-order valence-electron chi connectivity index (χ3n) is 7.75. The second kappa shape index (κ2) is 7.69. The van der Waals surface area contributed by atoms with Gasteiger partial charge >= 0.3 is 6.09 Å². The number of halogens is 1. The van der Waals surface area contributed by atoms with Crippen LogP contribution in [0, 0.1) is 17.7 Å². The molecule has 0 aromatic heterocycles. The number of fused-ring (bicyclic) bond motifs is 4. The summed E-state index contributed by atoms with van der Waals surface area (Å²) in [6.07, 6.45) is 4.04. The maximum Gasteiger partial charge on any atom is 0.408 e. The minimum Gasteiger partial charge on any atom is -0.465 e. The van der Waals surface area contributed by atoms with Gasteiger partial charge in [-0.2, -0.15) is 0 Å². The molecule has 2 aromatic rings. The molecule has 1 unspecified atom stereocenters. The van der Waals surface area contributed by atoms with Crippen LogP contribution in [0.1, 0.15) is 42.4 Å². The number of hydrogen-bond acceptors (Lipinski definition) is 2. The van der Waals surface area contributed by atoms with Gasteiger partial charge in [0.05, 0.1) is 5.54 Å². The summed E-state index contributed by atoms with van der Waals surface area (Å²) in [6.45, 7) is 3.99. The van der Waals surface area contributed by atoms with E-state index in [1.54, 1.807) is 17.0 Å². The summed E-state index contributed by atoms with van der Waals surface area (Å²) in [5.74, 6) is 1.06. The first-order chi connectivity index (χ1) is 14.6. The van der Waals surface area contributed by atoms with Gasteiger partial charge < -0.3 is 10.0 Å². The molecule has 4 nitrogen and oxygen atoms in total. The lowest BCUT2D eigenvalue weighted by Crippen LogP contribution is -2.54. The van der Waals surface area contributed by atoms with Crippen molar-refractivity contribution in [1.29, 1.82) is 0 Å². The summed E-state index contributed by atoms with van der Waals surface area (Å²) in [5, 5.41) is 10.2. The summed E-state index contributed by atoms with van der Waals surface area (Å²) in [5.41, 5.74) is 2.37. The molecule has 4 aliphatic heterocycles. The topological polar surface area (TPSA) is 43.8 Å². The lowest BCUT2D eigenvalue weighted by molar-refractivity contribution is 0.0304. The van der Waals surface area contributed by atoms with Gasteiger partial charge in [-0.15, -0.1) is 0 Å². The number of rotatable bonds is 4. The highest BCUT2D eigenvalue weighted by atomic mass is 19.1. The van der Waals surface area contributed by atoms with Crippen LogP contribution >= 0.6 is 0 Å². The fourth-order valence-electron chi connectivity index (χ4n) is 6.23. The largest absolute Gasteiger partial charge is 0.465 e. The smallest absolute Gasteiger partial charge is 0.408 e. The predicted molar refractivity (Wildman–Crippen MR) is 114 cm³/mol. The highest BCUT2D eigenvalue weighted by Gasteiger charge is 2.47. The normalized spacial score (nSPS) is 30.2. The van der Waals surface area contributed by atoms with Gasteiger partial charge in [0.15, 0.2) is 0 Å². The summed E-state index contributed by atoms with van der Waals surface area (Å²) in [6, 6.07) is 14.7. The minimum absolute atomic E-state index is 0.294. The molecule has 1 amide bonds. The zero-order valence-electron chi connectivity index (χ0n) is 17.3. The molecule has 1 N–H and O–H groups in total. The van der Waals surface area contributed by atoms with Crippen molar-refractivity contribution in [3.8, 4) is 0 Å². The number of piperidine rings is 3. The highest BCUT2D eigenvalue weighted by Crippen LogP contribution is 2.47. The van der Waals surface area contributed by atoms with E-state index < -0.39 is 11.6 Å². The third kappa shape index (κ3) is 3.20. The van der Waals surface area contributed by atoms with E-state index in [1.807, 2.05) is 12.1 Å². The molecule has 2 atom stereocenters. The second-order valence-corrected chi connectivity index (χ2v) is 9.15. The summed E-state index contributed by atoms with van der Waals surface area (Å²) in [7, 11) is 0. The lowest BCUT2D eigenvalue weighted by atomic mass is 9.69. The molecule has 0 radical (unpaired) electrons. The van der Waals surface area contributed by atoms with E-state index in [9.17, 15) is 14.3 Å². The molecule has 3 fully saturated rings. The van der Waals surface area contributed by atoms with Crippen molar-refractivity contribution in [2.45, 2.75) is 37.6 Å². The molecule has 3 saturated heterocycles. The van der Waals surface area contributed by atoms with Crippen molar-refractivity contribution >= 4 is 6.09 Å². The zero-order chi connectivity index (χ0) is 20.7. The summed E-state index contributed by atoms with van der Waals surface area (Å²) in [4.78, 5) is 16.6. The SMILES string of the molecule is O=C(O)N1CCc2ccccc2[C@]1(CCC1CN2CCC1CC2)c1ccc(F)cc1. The quantitative estimate of drug-likeness (QED) is 0.796. The van der Waals surface area contributed by atoms with Gasteiger partial charge in [0, 0.05) is 13.1 Å². The maximum absolute atomic E-state index is 13.8. The molecule has 6 rings (SSSR count). The average molecular weight is 409 g/mol. The van der Waals surface area contributed by atoms with E-state index in [-0.39, 0.29) is 5.82 Å². The average Bonchev–Trinajstić information content (AvgIpc) is 2.78. The fourth-order valence-corrected chi connectivity index (χ4v) is 6.23. The highest BCUT2D eigenvalue weighted by molar-refractivity contribution is 5.69.